The molecule has 24 heavy (non-hydrogen) atoms. The van der Waals surface area contributed by atoms with E-state index in [1.807, 2.05) is 4.90 Å². The van der Waals surface area contributed by atoms with Crippen molar-refractivity contribution in [3.63, 3.8) is 0 Å². The van der Waals surface area contributed by atoms with Crippen LogP contribution in [0.5, 0.6) is 0 Å². The molecular weight excluding hydrogens is 310 g/mol. The third-order valence-electron chi connectivity index (χ3n) is 4.25. The summed E-state index contributed by atoms with van der Waals surface area (Å²) in [6.45, 7) is 3.86. The number of amides is 2. The van der Waals surface area contributed by atoms with Gasteiger partial charge < -0.3 is 19.4 Å². The Balaban J connectivity index is 1.59. The number of morpholine rings is 1. The van der Waals surface area contributed by atoms with E-state index in [0.29, 0.717) is 63.9 Å². The molecule has 3 heterocycles. The summed E-state index contributed by atoms with van der Waals surface area (Å²) in [5, 5.41) is 9.16. The van der Waals surface area contributed by atoms with Gasteiger partial charge in [-0.05, 0) is 12.1 Å². The highest BCUT2D eigenvalue weighted by molar-refractivity contribution is 6.34. The Hall–Kier alpha value is -2.66. The summed E-state index contributed by atoms with van der Waals surface area (Å²) in [6.07, 6.45) is 1.65. The zero-order valence-electron chi connectivity index (χ0n) is 13.3. The molecule has 2 fully saturated rings. The molecule has 2 aliphatic heterocycles. The molecule has 8 heteroatoms. The van der Waals surface area contributed by atoms with Crippen molar-refractivity contribution in [2.24, 2.45) is 0 Å². The fourth-order valence-corrected chi connectivity index (χ4v) is 2.89. The van der Waals surface area contributed by atoms with Crippen molar-refractivity contribution in [2.45, 2.75) is 0 Å². The van der Waals surface area contributed by atoms with Gasteiger partial charge in [-0.25, -0.2) is 4.98 Å². The Morgan fingerprint density at radius 3 is 2.29 bits per heavy atom. The molecule has 8 nitrogen and oxygen atoms in total. The van der Waals surface area contributed by atoms with Gasteiger partial charge in [-0.15, -0.1) is 0 Å². The van der Waals surface area contributed by atoms with E-state index in [4.69, 9.17) is 10.00 Å². The first-order chi connectivity index (χ1) is 11.7. The second kappa shape index (κ2) is 7.27. The summed E-state index contributed by atoms with van der Waals surface area (Å²) < 4.78 is 5.20. The molecule has 0 radical (unpaired) electrons. The number of piperazine rings is 1. The van der Waals surface area contributed by atoms with Crippen LogP contribution in [-0.4, -0.2) is 79.1 Å². The van der Waals surface area contributed by atoms with E-state index in [1.165, 1.54) is 0 Å². The molecule has 0 N–H and O–H groups in total. The number of hydrogen-bond donors (Lipinski definition) is 0. The first-order valence-electron chi connectivity index (χ1n) is 7.96. The number of carbonyl (C=O) groups excluding carboxylic acids is 2. The van der Waals surface area contributed by atoms with Gasteiger partial charge in [0.25, 0.3) is 0 Å². The summed E-state index contributed by atoms with van der Waals surface area (Å²) in [5.41, 5.74) is 0.515. The summed E-state index contributed by atoms with van der Waals surface area (Å²) in [6, 6.07) is 5.58. The minimum absolute atomic E-state index is 0.441. The first-order valence-corrected chi connectivity index (χ1v) is 7.96. The fourth-order valence-electron chi connectivity index (χ4n) is 2.89. The molecule has 0 saturated carbocycles. The van der Waals surface area contributed by atoms with Crippen LogP contribution in [0.25, 0.3) is 0 Å². The van der Waals surface area contributed by atoms with Gasteiger partial charge in [-0.1, -0.05) is 0 Å². The molecule has 0 atom stereocenters. The van der Waals surface area contributed by atoms with Gasteiger partial charge in [0.2, 0.25) is 0 Å². The Morgan fingerprint density at radius 1 is 1.04 bits per heavy atom. The van der Waals surface area contributed by atoms with E-state index in [9.17, 15) is 9.59 Å². The number of nitriles is 1. The number of nitrogens with zero attached hydrogens (tertiary/aromatic N) is 5. The zero-order chi connectivity index (χ0) is 16.9. The number of pyridine rings is 1. The van der Waals surface area contributed by atoms with Crippen molar-refractivity contribution in [3.05, 3.63) is 23.9 Å². The second-order valence-corrected chi connectivity index (χ2v) is 5.67. The molecule has 2 saturated heterocycles. The van der Waals surface area contributed by atoms with Gasteiger partial charge in [-0.2, -0.15) is 5.26 Å². The lowest BCUT2D eigenvalue weighted by atomic mass is 10.2. The third kappa shape index (κ3) is 3.31. The minimum Gasteiger partial charge on any atom is -0.378 e. The van der Waals surface area contributed by atoms with Crippen LogP contribution in [0.3, 0.4) is 0 Å². The Morgan fingerprint density at radius 2 is 1.67 bits per heavy atom. The first kappa shape index (κ1) is 16.2. The SMILES string of the molecule is N#Cc1cccnc1N1CCN(C(=O)C(=O)N2CCOCC2)CC1. The molecule has 0 aromatic carbocycles. The molecular formula is C16H19N5O3. The van der Waals surface area contributed by atoms with E-state index in [2.05, 4.69) is 11.1 Å². The highest BCUT2D eigenvalue weighted by Crippen LogP contribution is 2.18. The molecule has 0 unspecified atom stereocenters. The average molecular weight is 329 g/mol. The molecule has 1 aromatic rings. The van der Waals surface area contributed by atoms with Gasteiger partial charge >= 0.3 is 11.8 Å². The fraction of sp³-hybridized carbons (Fsp3) is 0.500. The summed E-state index contributed by atoms with van der Waals surface area (Å²) in [5.74, 6) is -0.285. The van der Waals surface area contributed by atoms with Crippen LogP contribution >= 0.6 is 0 Å². The number of ether oxygens (including phenoxy) is 1. The number of rotatable bonds is 1. The number of aromatic nitrogens is 1. The Bertz CT molecular complexity index is 658. The lowest BCUT2D eigenvalue weighted by molar-refractivity contribution is -0.154. The van der Waals surface area contributed by atoms with Crippen molar-refractivity contribution in [3.8, 4) is 6.07 Å². The van der Waals surface area contributed by atoms with Crippen LogP contribution in [0, 0.1) is 11.3 Å². The molecule has 126 valence electrons. The van der Waals surface area contributed by atoms with Crippen molar-refractivity contribution >= 4 is 17.6 Å². The number of carbonyl (C=O) groups is 2. The van der Waals surface area contributed by atoms with E-state index < -0.39 is 11.8 Å². The van der Waals surface area contributed by atoms with Crippen LogP contribution in [0.1, 0.15) is 5.56 Å². The Labute approximate surface area is 140 Å². The van der Waals surface area contributed by atoms with Crippen LogP contribution in [0.4, 0.5) is 5.82 Å². The molecule has 3 rings (SSSR count). The minimum atomic E-state index is -0.460. The maximum Gasteiger partial charge on any atom is 0.312 e. The van der Waals surface area contributed by atoms with Gasteiger partial charge in [0.05, 0.1) is 18.8 Å². The second-order valence-electron chi connectivity index (χ2n) is 5.67. The van der Waals surface area contributed by atoms with Crippen molar-refractivity contribution < 1.29 is 14.3 Å². The predicted molar refractivity (Wildman–Crippen MR) is 85.1 cm³/mol. The quantitative estimate of drug-likeness (QED) is 0.643. The van der Waals surface area contributed by atoms with Gasteiger partial charge in [0, 0.05) is 45.5 Å². The predicted octanol–water partition coefficient (Wildman–Crippen LogP) is -0.539. The molecule has 0 bridgehead atoms. The summed E-state index contributed by atoms with van der Waals surface area (Å²) in [7, 11) is 0. The van der Waals surface area contributed by atoms with Crippen LogP contribution in [0.2, 0.25) is 0 Å². The lowest BCUT2D eigenvalue weighted by Crippen LogP contribution is -2.55. The maximum atomic E-state index is 12.4. The monoisotopic (exact) mass is 329 g/mol. The Kier molecular flexibility index (Phi) is 4.91. The van der Waals surface area contributed by atoms with Crippen molar-refractivity contribution in [2.75, 3.05) is 57.4 Å². The van der Waals surface area contributed by atoms with Gasteiger partial charge in [0.15, 0.2) is 0 Å². The number of anilines is 1. The average Bonchev–Trinajstić information content (AvgIpc) is 2.67. The standard InChI is InChI=1S/C16H19N5O3/c17-12-13-2-1-3-18-14(13)19-4-6-20(7-5-19)15(22)16(23)21-8-10-24-11-9-21/h1-3H,4-11H2. The highest BCUT2D eigenvalue weighted by Gasteiger charge is 2.30. The van der Waals surface area contributed by atoms with Crippen LogP contribution in [-0.2, 0) is 14.3 Å². The van der Waals surface area contributed by atoms with Crippen LogP contribution in [0.15, 0.2) is 18.3 Å². The summed E-state index contributed by atoms with van der Waals surface area (Å²) >= 11 is 0. The molecule has 0 aliphatic carbocycles. The van der Waals surface area contributed by atoms with Crippen molar-refractivity contribution in [1.82, 2.24) is 14.8 Å². The normalized spacial score (nSPS) is 18.2. The van der Waals surface area contributed by atoms with E-state index in [0.717, 1.165) is 0 Å². The van der Waals surface area contributed by atoms with E-state index >= 15 is 0 Å². The highest BCUT2D eigenvalue weighted by atomic mass is 16.5. The van der Waals surface area contributed by atoms with E-state index in [1.54, 1.807) is 28.1 Å². The summed E-state index contributed by atoms with van der Waals surface area (Å²) in [4.78, 5) is 34.0. The molecule has 1 aromatic heterocycles. The van der Waals surface area contributed by atoms with Crippen LogP contribution < -0.4 is 4.90 Å². The van der Waals surface area contributed by atoms with Gasteiger partial charge in [0.1, 0.15) is 11.9 Å². The smallest absolute Gasteiger partial charge is 0.312 e. The zero-order valence-corrected chi connectivity index (χ0v) is 13.3. The lowest BCUT2D eigenvalue weighted by Gasteiger charge is -2.36. The third-order valence-corrected chi connectivity index (χ3v) is 4.25. The molecule has 0 spiro atoms. The molecule has 2 aliphatic rings. The maximum absolute atomic E-state index is 12.4. The largest absolute Gasteiger partial charge is 0.378 e. The molecule has 2 amide bonds. The van der Waals surface area contributed by atoms with E-state index in [-0.39, 0.29) is 0 Å². The van der Waals surface area contributed by atoms with Crippen molar-refractivity contribution in [1.29, 1.82) is 5.26 Å². The van der Waals surface area contributed by atoms with Gasteiger partial charge in [-0.3, -0.25) is 9.59 Å². The topological polar surface area (TPSA) is 89.8 Å². The number of hydrogen-bond acceptors (Lipinski definition) is 6.